The fourth-order valence-corrected chi connectivity index (χ4v) is 5.59. The van der Waals surface area contributed by atoms with Crippen LogP contribution in [0.15, 0.2) is 47.6 Å². The number of nitrogens with zero attached hydrogens (tertiary/aromatic N) is 1. The highest BCUT2D eigenvalue weighted by atomic mass is 32.2. The van der Waals surface area contributed by atoms with Crippen LogP contribution in [0.5, 0.6) is 0 Å². The maximum Gasteiger partial charge on any atom is 0.326 e. The number of carbonyl (C=O) groups excluding carboxylic acids is 2. The molecule has 0 aromatic heterocycles. The predicted molar refractivity (Wildman–Crippen MR) is 140 cm³/mol. The van der Waals surface area contributed by atoms with Crippen molar-refractivity contribution in [2.24, 2.45) is 11.1 Å². The highest BCUT2D eigenvalue weighted by molar-refractivity contribution is 7.92. The van der Waals surface area contributed by atoms with Crippen LogP contribution in [0.3, 0.4) is 0 Å². The van der Waals surface area contributed by atoms with Crippen molar-refractivity contribution in [3.8, 4) is 0 Å². The third-order valence-electron chi connectivity index (χ3n) is 5.68. The number of unbranched alkanes of at least 4 members (excludes halogenated alkanes) is 1. The zero-order chi connectivity index (χ0) is 27.4. The number of hydrogen-bond donors (Lipinski definition) is 2. The van der Waals surface area contributed by atoms with Crippen LogP contribution in [0.4, 0.5) is 0 Å². The molecule has 2 N–H and O–H groups in total. The number of carboxylic acids is 1. The Labute approximate surface area is 216 Å². The van der Waals surface area contributed by atoms with Crippen molar-refractivity contribution < 1.29 is 37.5 Å². The number of carbonyl (C=O) groups is 3. The molecular weight excluding hydrogens is 500 g/mol. The zero-order valence-electron chi connectivity index (χ0n) is 21.3. The highest BCUT2D eigenvalue weighted by Gasteiger charge is 2.30. The standard InChI is InChI=1S/C26H34N2O8S/c1-4-5-13-24(26(31)32)27-25(30)21(14-20-11-8-10-19-9-6-7-12-23(19)20)16-37(33,34)17-22(28-35-3)15-36-18(2)29/h6-12,21,24H,4-5,13-17H2,1-3H3,(H,27,30)(H,31,32)/b28-22+/t21-,24+/m1/s1. The maximum absolute atomic E-state index is 13.3. The Morgan fingerprint density at radius 1 is 1.11 bits per heavy atom. The van der Waals surface area contributed by atoms with Gasteiger partial charge in [0.2, 0.25) is 5.91 Å². The number of nitrogens with one attached hydrogen (secondary N) is 1. The van der Waals surface area contributed by atoms with E-state index in [1.165, 1.54) is 14.0 Å². The number of ether oxygens (including phenoxy) is 1. The number of oxime groups is 1. The molecule has 202 valence electrons. The van der Waals surface area contributed by atoms with Gasteiger partial charge in [0.1, 0.15) is 25.5 Å². The average molecular weight is 535 g/mol. The number of hydrogen-bond acceptors (Lipinski definition) is 8. The summed E-state index contributed by atoms with van der Waals surface area (Å²) < 4.78 is 31.2. The molecule has 0 aliphatic rings. The second-order valence-electron chi connectivity index (χ2n) is 8.76. The van der Waals surface area contributed by atoms with E-state index in [-0.39, 0.29) is 25.2 Å². The molecule has 0 bridgehead atoms. The molecule has 0 unspecified atom stereocenters. The van der Waals surface area contributed by atoms with Crippen molar-refractivity contribution in [2.45, 2.75) is 45.6 Å². The van der Waals surface area contributed by atoms with Gasteiger partial charge in [-0.1, -0.05) is 67.4 Å². The van der Waals surface area contributed by atoms with Gasteiger partial charge in [-0.05, 0) is 29.2 Å². The van der Waals surface area contributed by atoms with Gasteiger partial charge in [0, 0.05) is 6.92 Å². The van der Waals surface area contributed by atoms with Crippen molar-refractivity contribution >= 4 is 44.2 Å². The smallest absolute Gasteiger partial charge is 0.326 e. The molecule has 2 aromatic rings. The summed E-state index contributed by atoms with van der Waals surface area (Å²) in [5.74, 6) is -4.68. The summed E-state index contributed by atoms with van der Waals surface area (Å²) in [6, 6.07) is 12.0. The molecule has 10 nitrogen and oxygen atoms in total. The Balaban J connectivity index is 2.35. The van der Waals surface area contributed by atoms with Crippen LogP contribution in [0.2, 0.25) is 0 Å². The molecule has 0 saturated heterocycles. The fourth-order valence-electron chi connectivity index (χ4n) is 3.95. The van der Waals surface area contributed by atoms with Crippen molar-refractivity contribution in [3.05, 3.63) is 48.0 Å². The number of fused-ring (bicyclic) bond motifs is 1. The number of rotatable bonds is 15. The van der Waals surface area contributed by atoms with Crippen LogP contribution in [-0.4, -0.2) is 68.3 Å². The van der Waals surface area contributed by atoms with Gasteiger partial charge in [-0.2, -0.15) is 0 Å². The van der Waals surface area contributed by atoms with Crippen molar-refractivity contribution in [2.75, 3.05) is 25.2 Å². The van der Waals surface area contributed by atoms with Crippen LogP contribution >= 0.6 is 0 Å². The molecule has 2 aromatic carbocycles. The Kier molecular flexibility index (Phi) is 11.5. The molecule has 0 aliphatic heterocycles. The SMILES string of the molecule is CCCC[C@H](NC(=O)[C@H](Cc1cccc2ccccc12)CS(=O)(=O)C/C(COC(C)=O)=N/OC)C(=O)O. The van der Waals surface area contributed by atoms with E-state index in [0.29, 0.717) is 6.42 Å². The second kappa shape index (κ2) is 14.3. The zero-order valence-corrected chi connectivity index (χ0v) is 22.1. The van der Waals surface area contributed by atoms with E-state index >= 15 is 0 Å². The predicted octanol–water partition coefficient (Wildman–Crippen LogP) is 2.74. The number of benzene rings is 2. The molecule has 37 heavy (non-hydrogen) atoms. The summed E-state index contributed by atoms with van der Waals surface area (Å²) in [6.07, 6.45) is 1.65. The monoisotopic (exact) mass is 534 g/mol. The van der Waals surface area contributed by atoms with Crippen molar-refractivity contribution in [1.82, 2.24) is 5.32 Å². The van der Waals surface area contributed by atoms with Crippen LogP contribution in [0.1, 0.15) is 38.7 Å². The Bertz CT molecular complexity index is 1220. The average Bonchev–Trinajstić information content (AvgIpc) is 2.84. The number of carboxylic acid groups (broad SMARTS) is 1. The topological polar surface area (TPSA) is 148 Å². The second-order valence-corrected chi connectivity index (χ2v) is 10.9. The number of esters is 1. The van der Waals surface area contributed by atoms with Gasteiger partial charge in [-0.25, -0.2) is 13.2 Å². The third kappa shape index (κ3) is 9.83. The van der Waals surface area contributed by atoms with E-state index in [2.05, 4.69) is 15.3 Å². The van der Waals surface area contributed by atoms with E-state index in [4.69, 9.17) is 4.74 Å². The van der Waals surface area contributed by atoms with Gasteiger partial charge >= 0.3 is 11.9 Å². The van der Waals surface area contributed by atoms with E-state index in [1.807, 2.05) is 49.4 Å². The lowest BCUT2D eigenvalue weighted by molar-refractivity contribution is -0.142. The lowest BCUT2D eigenvalue weighted by atomic mass is 9.95. The lowest BCUT2D eigenvalue weighted by Gasteiger charge is -2.21. The largest absolute Gasteiger partial charge is 0.480 e. The Hall–Kier alpha value is -3.47. The van der Waals surface area contributed by atoms with Crippen LogP contribution in [-0.2, 0) is 40.2 Å². The first-order chi connectivity index (χ1) is 17.6. The highest BCUT2D eigenvalue weighted by Crippen LogP contribution is 2.23. The molecule has 0 radical (unpaired) electrons. The minimum absolute atomic E-state index is 0.0339. The van der Waals surface area contributed by atoms with Crippen LogP contribution in [0, 0.1) is 5.92 Å². The van der Waals surface area contributed by atoms with E-state index < -0.39 is 51.1 Å². The molecule has 11 heteroatoms. The van der Waals surface area contributed by atoms with Crippen LogP contribution in [0.25, 0.3) is 10.8 Å². The summed E-state index contributed by atoms with van der Waals surface area (Å²) >= 11 is 0. The summed E-state index contributed by atoms with van der Waals surface area (Å²) in [5, 5.41) is 17.6. The summed E-state index contributed by atoms with van der Waals surface area (Å²) in [7, 11) is -2.72. The summed E-state index contributed by atoms with van der Waals surface area (Å²) in [5.41, 5.74) is 0.730. The van der Waals surface area contributed by atoms with Gasteiger partial charge in [-0.15, -0.1) is 0 Å². The Morgan fingerprint density at radius 3 is 2.46 bits per heavy atom. The van der Waals surface area contributed by atoms with Gasteiger partial charge in [0.15, 0.2) is 9.84 Å². The summed E-state index contributed by atoms with van der Waals surface area (Å²) in [4.78, 5) is 40.9. The van der Waals surface area contributed by atoms with Gasteiger partial charge < -0.3 is 20.0 Å². The molecule has 0 saturated carbocycles. The molecule has 0 spiro atoms. The van der Waals surface area contributed by atoms with Gasteiger partial charge in [0.05, 0.1) is 17.4 Å². The minimum atomic E-state index is -3.95. The molecule has 0 heterocycles. The fraction of sp³-hybridized carbons (Fsp3) is 0.462. The maximum atomic E-state index is 13.3. The van der Waals surface area contributed by atoms with E-state index in [0.717, 1.165) is 22.8 Å². The lowest BCUT2D eigenvalue weighted by Crippen LogP contribution is -2.46. The van der Waals surface area contributed by atoms with E-state index in [1.54, 1.807) is 0 Å². The normalized spacial score (nSPS) is 13.5. The summed E-state index contributed by atoms with van der Waals surface area (Å²) in [6.45, 7) is 2.72. The minimum Gasteiger partial charge on any atom is -0.480 e. The first-order valence-electron chi connectivity index (χ1n) is 12.0. The van der Waals surface area contributed by atoms with E-state index in [9.17, 15) is 27.9 Å². The van der Waals surface area contributed by atoms with Crippen LogP contribution < -0.4 is 5.32 Å². The first kappa shape index (κ1) is 29.8. The number of amides is 1. The molecule has 0 fully saturated rings. The van der Waals surface area contributed by atoms with Gasteiger partial charge in [-0.3, -0.25) is 9.59 Å². The molecule has 2 atom stereocenters. The first-order valence-corrected chi connectivity index (χ1v) is 13.8. The quantitative estimate of drug-likeness (QED) is 0.201. The molecular formula is C26H34N2O8S. The Morgan fingerprint density at radius 2 is 1.81 bits per heavy atom. The number of sulfone groups is 1. The van der Waals surface area contributed by atoms with Gasteiger partial charge in [0.25, 0.3) is 0 Å². The molecule has 0 aliphatic carbocycles. The number of aliphatic carboxylic acids is 1. The molecule has 2 rings (SSSR count). The third-order valence-corrected chi connectivity index (χ3v) is 7.37. The van der Waals surface area contributed by atoms with Crippen molar-refractivity contribution in [1.29, 1.82) is 0 Å². The van der Waals surface area contributed by atoms with Crippen molar-refractivity contribution in [3.63, 3.8) is 0 Å². The molecule has 1 amide bonds.